The minimum Gasteiger partial charge on any atom is -0.372 e. The molecule has 2 aliphatic rings. The van der Waals surface area contributed by atoms with Crippen LogP contribution in [0.2, 0.25) is 0 Å². The van der Waals surface area contributed by atoms with Gasteiger partial charge < -0.3 is 19.6 Å². The molecule has 2 aliphatic heterocycles. The summed E-state index contributed by atoms with van der Waals surface area (Å²) in [6, 6.07) is 8.07. The second kappa shape index (κ2) is 8.74. The molecule has 148 valence electrons. The monoisotopic (exact) mass is 372 g/mol. The van der Waals surface area contributed by atoms with Crippen LogP contribution in [0.4, 0.5) is 11.4 Å². The number of piperidine rings is 1. The first-order chi connectivity index (χ1) is 12.9. The second-order valence-corrected chi connectivity index (χ2v) is 7.98. The van der Waals surface area contributed by atoms with Crippen molar-refractivity contribution < 1.29 is 9.59 Å². The fourth-order valence-corrected chi connectivity index (χ4v) is 3.79. The van der Waals surface area contributed by atoms with E-state index in [1.54, 1.807) is 4.90 Å². The molecule has 1 aromatic carbocycles. The van der Waals surface area contributed by atoms with Crippen molar-refractivity contribution in [1.29, 1.82) is 0 Å². The Morgan fingerprint density at radius 3 is 2.15 bits per heavy atom. The maximum atomic E-state index is 12.6. The largest absolute Gasteiger partial charge is 0.372 e. The van der Waals surface area contributed by atoms with E-state index in [2.05, 4.69) is 35.9 Å². The highest BCUT2D eigenvalue weighted by Gasteiger charge is 2.23. The summed E-state index contributed by atoms with van der Waals surface area (Å²) in [6.45, 7) is 9.34. The van der Waals surface area contributed by atoms with E-state index in [1.807, 2.05) is 17.0 Å². The van der Waals surface area contributed by atoms with Gasteiger partial charge in [-0.3, -0.25) is 9.59 Å². The molecule has 2 saturated heterocycles. The fraction of sp³-hybridized carbons (Fsp3) is 0.619. The van der Waals surface area contributed by atoms with E-state index in [4.69, 9.17) is 0 Å². The molecule has 27 heavy (non-hydrogen) atoms. The molecule has 0 saturated carbocycles. The summed E-state index contributed by atoms with van der Waals surface area (Å²) in [6.07, 6.45) is 2.45. The van der Waals surface area contributed by atoms with Crippen molar-refractivity contribution >= 4 is 23.2 Å². The van der Waals surface area contributed by atoms with Gasteiger partial charge in [-0.25, -0.2) is 0 Å². The molecule has 0 aromatic heterocycles. The molecule has 6 nitrogen and oxygen atoms in total. The Morgan fingerprint density at radius 1 is 1.00 bits per heavy atom. The Bertz CT molecular complexity index is 645. The van der Waals surface area contributed by atoms with Gasteiger partial charge in [-0.2, -0.15) is 0 Å². The molecule has 2 heterocycles. The zero-order valence-corrected chi connectivity index (χ0v) is 16.9. The summed E-state index contributed by atoms with van der Waals surface area (Å²) in [7, 11) is 2.06. The van der Waals surface area contributed by atoms with Gasteiger partial charge in [0.05, 0.1) is 0 Å². The van der Waals surface area contributed by atoms with E-state index in [1.165, 1.54) is 25.5 Å². The topological polar surface area (TPSA) is 47.1 Å². The number of likely N-dealkylation sites (N-methyl/N-ethyl adjacent to an activating group) is 1. The van der Waals surface area contributed by atoms with Crippen LogP contribution in [-0.2, 0) is 9.59 Å². The van der Waals surface area contributed by atoms with Crippen molar-refractivity contribution in [1.82, 2.24) is 9.80 Å². The number of amides is 2. The molecular formula is C21H32N4O2. The quantitative estimate of drug-likeness (QED) is 0.812. The molecule has 0 unspecified atom stereocenters. The van der Waals surface area contributed by atoms with Crippen LogP contribution in [-0.4, -0.2) is 74.5 Å². The van der Waals surface area contributed by atoms with Crippen LogP contribution in [0.25, 0.3) is 0 Å². The standard InChI is InChI=1S/C21H32N4O2/c1-17-8-10-23(11-9-17)19-4-6-20(7-5-19)25(18(2)26)16-21(27)24-14-12-22(3)13-15-24/h4-7,17H,8-16H2,1-3H3. The Kier molecular flexibility index (Phi) is 6.37. The lowest BCUT2D eigenvalue weighted by Gasteiger charge is -2.34. The van der Waals surface area contributed by atoms with Gasteiger partial charge in [0.25, 0.3) is 0 Å². The van der Waals surface area contributed by atoms with Crippen LogP contribution in [0.1, 0.15) is 26.7 Å². The van der Waals surface area contributed by atoms with Gasteiger partial charge in [0.1, 0.15) is 6.54 Å². The van der Waals surface area contributed by atoms with Crippen LogP contribution in [0.15, 0.2) is 24.3 Å². The molecule has 0 atom stereocenters. The van der Waals surface area contributed by atoms with E-state index in [0.717, 1.165) is 50.9 Å². The van der Waals surface area contributed by atoms with Crippen LogP contribution >= 0.6 is 0 Å². The van der Waals surface area contributed by atoms with Gasteiger partial charge in [-0.05, 0) is 50.1 Å². The third kappa shape index (κ3) is 5.01. The summed E-state index contributed by atoms with van der Waals surface area (Å²) in [5.41, 5.74) is 1.98. The number of anilines is 2. The molecule has 0 bridgehead atoms. The van der Waals surface area contributed by atoms with Crippen LogP contribution in [0, 0.1) is 5.92 Å². The number of piperazine rings is 1. The van der Waals surface area contributed by atoms with Crippen molar-refractivity contribution in [3.63, 3.8) is 0 Å². The Labute approximate surface area is 162 Å². The minimum atomic E-state index is -0.1000. The summed E-state index contributed by atoms with van der Waals surface area (Å²) in [5.74, 6) is 0.721. The summed E-state index contributed by atoms with van der Waals surface area (Å²) >= 11 is 0. The normalized spacial score (nSPS) is 19.2. The van der Waals surface area contributed by atoms with Crippen molar-refractivity contribution in [2.24, 2.45) is 5.92 Å². The maximum Gasteiger partial charge on any atom is 0.242 e. The lowest BCUT2D eigenvalue weighted by molar-refractivity contribution is -0.132. The molecule has 0 aliphatic carbocycles. The van der Waals surface area contributed by atoms with E-state index in [9.17, 15) is 9.59 Å². The Hall–Kier alpha value is -2.08. The number of nitrogens with zero attached hydrogens (tertiary/aromatic N) is 4. The average Bonchev–Trinajstić information content (AvgIpc) is 2.67. The van der Waals surface area contributed by atoms with Crippen LogP contribution in [0.3, 0.4) is 0 Å². The molecule has 1 aromatic rings. The minimum absolute atomic E-state index is 0.0207. The molecule has 2 fully saturated rings. The zero-order valence-electron chi connectivity index (χ0n) is 16.9. The number of benzene rings is 1. The molecular weight excluding hydrogens is 340 g/mol. The van der Waals surface area contributed by atoms with Crippen molar-refractivity contribution in [2.45, 2.75) is 26.7 Å². The van der Waals surface area contributed by atoms with E-state index in [-0.39, 0.29) is 18.4 Å². The number of rotatable bonds is 4. The third-order valence-electron chi connectivity index (χ3n) is 5.84. The zero-order chi connectivity index (χ0) is 19.4. The number of hydrogen-bond donors (Lipinski definition) is 0. The lowest BCUT2D eigenvalue weighted by Crippen LogP contribution is -2.50. The molecule has 6 heteroatoms. The first-order valence-electron chi connectivity index (χ1n) is 10.0. The predicted molar refractivity (Wildman–Crippen MR) is 109 cm³/mol. The number of hydrogen-bond acceptors (Lipinski definition) is 4. The number of carbonyl (C=O) groups excluding carboxylic acids is 2. The van der Waals surface area contributed by atoms with E-state index < -0.39 is 0 Å². The van der Waals surface area contributed by atoms with Gasteiger partial charge in [0.2, 0.25) is 11.8 Å². The van der Waals surface area contributed by atoms with Gasteiger partial charge >= 0.3 is 0 Å². The first kappa shape index (κ1) is 19.7. The van der Waals surface area contributed by atoms with Crippen molar-refractivity contribution in [2.75, 3.05) is 62.7 Å². The summed E-state index contributed by atoms with van der Waals surface area (Å²) < 4.78 is 0. The molecule has 0 spiro atoms. The molecule has 3 rings (SSSR count). The fourth-order valence-electron chi connectivity index (χ4n) is 3.79. The van der Waals surface area contributed by atoms with E-state index in [0.29, 0.717) is 0 Å². The number of carbonyl (C=O) groups is 2. The SMILES string of the molecule is CC(=O)N(CC(=O)N1CCN(C)CC1)c1ccc(N2CCC(C)CC2)cc1. The van der Waals surface area contributed by atoms with Crippen molar-refractivity contribution in [3.05, 3.63) is 24.3 Å². The molecule has 0 N–H and O–H groups in total. The highest BCUT2D eigenvalue weighted by atomic mass is 16.2. The highest BCUT2D eigenvalue weighted by molar-refractivity contribution is 5.97. The predicted octanol–water partition coefficient (Wildman–Crippen LogP) is 2.05. The average molecular weight is 373 g/mol. The van der Waals surface area contributed by atoms with E-state index >= 15 is 0 Å². The van der Waals surface area contributed by atoms with Crippen molar-refractivity contribution in [3.8, 4) is 0 Å². The second-order valence-electron chi connectivity index (χ2n) is 7.98. The van der Waals surface area contributed by atoms with Crippen LogP contribution in [0.5, 0.6) is 0 Å². The van der Waals surface area contributed by atoms with Gasteiger partial charge in [0, 0.05) is 57.6 Å². The smallest absolute Gasteiger partial charge is 0.242 e. The molecule has 0 radical (unpaired) electrons. The van der Waals surface area contributed by atoms with Crippen LogP contribution < -0.4 is 9.80 Å². The summed E-state index contributed by atoms with van der Waals surface area (Å²) in [4.78, 5) is 32.9. The van der Waals surface area contributed by atoms with Gasteiger partial charge in [0.15, 0.2) is 0 Å². The maximum absolute atomic E-state index is 12.6. The lowest BCUT2D eigenvalue weighted by atomic mass is 9.99. The van der Waals surface area contributed by atoms with Gasteiger partial charge in [-0.15, -0.1) is 0 Å². The Morgan fingerprint density at radius 2 is 1.59 bits per heavy atom. The summed E-state index contributed by atoms with van der Waals surface area (Å²) in [5, 5.41) is 0. The third-order valence-corrected chi connectivity index (χ3v) is 5.84. The Balaban J connectivity index is 1.64. The first-order valence-corrected chi connectivity index (χ1v) is 10.0. The molecule has 2 amide bonds. The van der Waals surface area contributed by atoms with Gasteiger partial charge in [-0.1, -0.05) is 6.92 Å². The highest BCUT2D eigenvalue weighted by Crippen LogP contribution is 2.25.